The molecule has 3 aromatic rings. The van der Waals surface area contributed by atoms with Crippen molar-refractivity contribution in [2.24, 2.45) is 0 Å². The highest BCUT2D eigenvalue weighted by Crippen LogP contribution is 2.11. The fourth-order valence-corrected chi connectivity index (χ4v) is 2.41. The van der Waals surface area contributed by atoms with Crippen LogP contribution in [0.2, 0.25) is 0 Å². The minimum absolute atomic E-state index is 0.0779. The minimum Gasteiger partial charge on any atom is -0.508 e. The predicted molar refractivity (Wildman–Crippen MR) is 85.4 cm³/mol. The molecule has 0 aliphatic heterocycles. The van der Waals surface area contributed by atoms with Crippen LogP contribution < -0.4 is 11.1 Å². The van der Waals surface area contributed by atoms with Gasteiger partial charge in [-0.3, -0.25) is 9.59 Å². The smallest absolute Gasteiger partial charge is 0.266 e. The Labute approximate surface area is 130 Å². The molecule has 2 N–H and O–H groups in total. The number of H-pyrrole nitrogens is 1. The van der Waals surface area contributed by atoms with E-state index in [1.807, 2.05) is 0 Å². The summed E-state index contributed by atoms with van der Waals surface area (Å²) in [6, 6.07) is 11.6. The van der Waals surface area contributed by atoms with Crippen molar-refractivity contribution in [3.63, 3.8) is 0 Å². The third kappa shape index (κ3) is 2.85. The van der Waals surface area contributed by atoms with Gasteiger partial charge in [-0.1, -0.05) is 12.1 Å². The zero-order valence-electron chi connectivity index (χ0n) is 12.1. The van der Waals surface area contributed by atoms with Crippen molar-refractivity contribution in [3.8, 4) is 11.8 Å². The van der Waals surface area contributed by atoms with E-state index in [1.165, 1.54) is 10.6 Å². The van der Waals surface area contributed by atoms with Crippen molar-refractivity contribution >= 4 is 10.9 Å². The molecule has 2 aromatic heterocycles. The summed E-state index contributed by atoms with van der Waals surface area (Å²) < 4.78 is 1.54. The summed E-state index contributed by atoms with van der Waals surface area (Å²) >= 11 is 0. The maximum atomic E-state index is 12.5. The first-order valence-electron chi connectivity index (χ1n) is 7.03. The van der Waals surface area contributed by atoms with Gasteiger partial charge in [0.15, 0.2) is 0 Å². The molecule has 0 radical (unpaired) electrons. The standard InChI is InChI=1S/C17H13N3O3/c18-10-12-9-14-15(19-16(12)22)6-8-20(17(14)23)7-5-11-1-3-13(21)4-2-11/h1-4,6,8-9,21H,5,7H2,(H,19,22). The number of fused-ring (bicyclic) bond motifs is 1. The number of rotatable bonds is 3. The van der Waals surface area contributed by atoms with Gasteiger partial charge >= 0.3 is 0 Å². The number of hydrogen-bond acceptors (Lipinski definition) is 4. The number of aryl methyl sites for hydroxylation is 2. The van der Waals surface area contributed by atoms with Crippen LogP contribution in [0.3, 0.4) is 0 Å². The van der Waals surface area contributed by atoms with Crippen molar-refractivity contribution < 1.29 is 5.11 Å². The molecule has 0 aliphatic rings. The zero-order valence-corrected chi connectivity index (χ0v) is 12.1. The lowest BCUT2D eigenvalue weighted by molar-refractivity contribution is 0.475. The molecule has 0 amide bonds. The van der Waals surface area contributed by atoms with E-state index in [2.05, 4.69) is 4.98 Å². The van der Waals surface area contributed by atoms with Gasteiger partial charge in [-0.15, -0.1) is 0 Å². The van der Waals surface area contributed by atoms with E-state index in [9.17, 15) is 14.7 Å². The lowest BCUT2D eigenvalue weighted by Gasteiger charge is -2.07. The fourth-order valence-electron chi connectivity index (χ4n) is 2.41. The number of phenols is 1. The molecule has 1 aromatic carbocycles. The van der Waals surface area contributed by atoms with E-state index in [0.29, 0.717) is 23.9 Å². The highest BCUT2D eigenvalue weighted by molar-refractivity contribution is 5.78. The second-order valence-electron chi connectivity index (χ2n) is 5.18. The summed E-state index contributed by atoms with van der Waals surface area (Å²) in [5.41, 5.74) is 0.579. The minimum atomic E-state index is -0.499. The third-order valence-electron chi connectivity index (χ3n) is 3.68. The number of phenolic OH excluding ortho intramolecular Hbond substituents is 1. The van der Waals surface area contributed by atoms with Crippen molar-refractivity contribution in [1.82, 2.24) is 9.55 Å². The number of nitrogens with zero attached hydrogens (tertiary/aromatic N) is 2. The number of aromatic hydroxyl groups is 1. The summed E-state index contributed by atoms with van der Waals surface area (Å²) in [5, 5.41) is 18.5. The second kappa shape index (κ2) is 5.81. The first-order valence-corrected chi connectivity index (χ1v) is 7.03. The number of nitriles is 1. The number of aromatic nitrogens is 2. The van der Waals surface area contributed by atoms with E-state index in [-0.39, 0.29) is 16.9 Å². The molecule has 0 fully saturated rings. The normalized spacial score (nSPS) is 10.6. The topological polar surface area (TPSA) is 98.9 Å². The van der Waals surface area contributed by atoms with Crippen LogP contribution in [0, 0.1) is 11.3 Å². The Morgan fingerprint density at radius 1 is 1.17 bits per heavy atom. The van der Waals surface area contributed by atoms with E-state index in [4.69, 9.17) is 5.26 Å². The Kier molecular flexibility index (Phi) is 3.69. The molecule has 6 nitrogen and oxygen atoms in total. The first-order chi connectivity index (χ1) is 11.1. The number of pyridine rings is 2. The second-order valence-corrected chi connectivity index (χ2v) is 5.18. The van der Waals surface area contributed by atoms with Crippen molar-refractivity contribution in [2.75, 3.05) is 0 Å². The maximum absolute atomic E-state index is 12.5. The lowest BCUT2D eigenvalue weighted by atomic mass is 10.1. The quantitative estimate of drug-likeness (QED) is 0.766. The molecule has 23 heavy (non-hydrogen) atoms. The molecule has 6 heteroatoms. The highest BCUT2D eigenvalue weighted by atomic mass is 16.3. The third-order valence-corrected chi connectivity index (χ3v) is 3.68. The van der Waals surface area contributed by atoms with Gasteiger partial charge in [0.1, 0.15) is 17.4 Å². The Hall–Kier alpha value is -3.33. The molecule has 0 spiro atoms. The van der Waals surface area contributed by atoms with Gasteiger partial charge in [-0.25, -0.2) is 0 Å². The number of aromatic amines is 1. The summed E-state index contributed by atoms with van der Waals surface area (Å²) in [5.74, 6) is 0.199. The summed E-state index contributed by atoms with van der Waals surface area (Å²) in [4.78, 5) is 26.6. The lowest BCUT2D eigenvalue weighted by Crippen LogP contribution is -2.22. The van der Waals surface area contributed by atoms with Gasteiger partial charge in [-0.2, -0.15) is 5.26 Å². The Bertz CT molecular complexity index is 1020. The number of nitrogens with one attached hydrogen (secondary N) is 1. The van der Waals surface area contributed by atoms with Crippen LogP contribution in [-0.2, 0) is 13.0 Å². The van der Waals surface area contributed by atoms with Crippen LogP contribution in [0.4, 0.5) is 0 Å². The van der Waals surface area contributed by atoms with E-state index < -0.39 is 5.56 Å². The Morgan fingerprint density at radius 2 is 1.91 bits per heavy atom. The molecule has 0 unspecified atom stereocenters. The Balaban J connectivity index is 1.96. The SMILES string of the molecule is N#Cc1cc2c(=O)n(CCc3ccc(O)cc3)ccc2[nH]c1=O. The molecular weight excluding hydrogens is 294 g/mol. The molecule has 0 bridgehead atoms. The maximum Gasteiger partial charge on any atom is 0.266 e. The molecule has 0 saturated heterocycles. The fraction of sp³-hybridized carbons (Fsp3) is 0.118. The van der Waals surface area contributed by atoms with Crippen LogP contribution >= 0.6 is 0 Å². The van der Waals surface area contributed by atoms with Gasteiger partial charge in [0, 0.05) is 12.7 Å². The van der Waals surface area contributed by atoms with Crippen LogP contribution in [-0.4, -0.2) is 14.7 Å². The van der Waals surface area contributed by atoms with Crippen LogP contribution in [0.25, 0.3) is 10.9 Å². The molecule has 2 heterocycles. The molecule has 114 valence electrons. The summed E-state index contributed by atoms with van der Waals surface area (Å²) in [6.45, 7) is 0.459. The van der Waals surface area contributed by atoms with Crippen molar-refractivity contribution in [3.05, 3.63) is 74.4 Å². The molecule has 0 aliphatic carbocycles. The van der Waals surface area contributed by atoms with Gasteiger partial charge in [0.25, 0.3) is 11.1 Å². The van der Waals surface area contributed by atoms with Gasteiger partial charge in [0.05, 0.1) is 10.9 Å². The van der Waals surface area contributed by atoms with Gasteiger partial charge < -0.3 is 14.7 Å². The molecule has 0 saturated carbocycles. The summed E-state index contributed by atoms with van der Waals surface area (Å²) in [7, 11) is 0. The molecule has 0 atom stereocenters. The van der Waals surface area contributed by atoms with Crippen molar-refractivity contribution in [2.45, 2.75) is 13.0 Å². The van der Waals surface area contributed by atoms with Crippen molar-refractivity contribution in [1.29, 1.82) is 5.26 Å². The first kappa shape index (κ1) is 14.6. The summed E-state index contributed by atoms with van der Waals surface area (Å²) in [6.07, 6.45) is 2.24. The monoisotopic (exact) mass is 307 g/mol. The van der Waals surface area contributed by atoms with E-state index in [0.717, 1.165) is 5.56 Å². The van der Waals surface area contributed by atoms with Crippen LogP contribution in [0.15, 0.2) is 52.2 Å². The van der Waals surface area contributed by atoms with E-state index >= 15 is 0 Å². The Morgan fingerprint density at radius 3 is 2.61 bits per heavy atom. The van der Waals surface area contributed by atoms with Gasteiger partial charge in [-0.05, 0) is 36.2 Å². The van der Waals surface area contributed by atoms with Gasteiger partial charge in [0.2, 0.25) is 0 Å². The zero-order chi connectivity index (χ0) is 16.4. The van der Waals surface area contributed by atoms with Crippen LogP contribution in [0.1, 0.15) is 11.1 Å². The predicted octanol–water partition coefficient (Wildman–Crippen LogP) is 1.51. The number of hydrogen-bond donors (Lipinski definition) is 2. The average molecular weight is 307 g/mol. The number of benzene rings is 1. The largest absolute Gasteiger partial charge is 0.508 e. The average Bonchev–Trinajstić information content (AvgIpc) is 2.55. The van der Waals surface area contributed by atoms with E-state index in [1.54, 1.807) is 42.6 Å². The highest BCUT2D eigenvalue weighted by Gasteiger charge is 2.07. The molecular formula is C17H13N3O3. The molecule has 3 rings (SSSR count). The van der Waals surface area contributed by atoms with Crippen LogP contribution in [0.5, 0.6) is 5.75 Å².